The van der Waals surface area contributed by atoms with Crippen molar-refractivity contribution in [2.45, 2.75) is 6.92 Å². The standard InChI is InChI=1S/C24H18O4S/c1-15(25)28-22-18-13-14-29-23(18)20(17-11-7-4-8-12-17)21(24(26)27-2)19(22)16-9-5-3-6-10-16/h3-14H,1-2H3. The number of thiophene rings is 1. The fourth-order valence-corrected chi connectivity index (χ4v) is 4.45. The molecule has 0 N–H and O–H groups in total. The van der Waals surface area contributed by atoms with Gasteiger partial charge in [-0.2, -0.15) is 0 Å². The summed E-state index contributed by atoms with van der Waals surface area (Å²) in [4.78, 5) is 25.0. The molecule has 0 unspecified atom stereocenters. The van der Waals surface area contributed by atoms with Crippen LogP contribution in [-0.2, 0) is 9.53 Å². The number of benzene rings is 3. The molecule has 0 amide bonds. The lowest BCUT2D eigenvalue weighted by Gasteiger charge is -2.19. The lowest BCUT2D eigenvalue weighted by molar-refractivity contribution is -0.131. The van der Waals surface area contributed by atoms with E-state index >= 15 is 0 Å². The van der Waals surface area contributed by atoms with Crippen LogP contribution in [0.25, 0.3) is 32.3 Å². The van der Waals surface area contributed by atoms with Crippen LogP contribution in [0.5, 0.6) is 5.75 Å². The van der Waals surface area contributed by atoms with E-state index < -0.39 is 11.9 Å². The van der Waals surface area contributed by atoms with Gasteiger partial charge in [-0.25, -0.2) is 4.79 Å². The average molecular weight is 402 g/mol. The summed E-state index contributed by atoms with van der Waals surface area (Å²) in [6.07, 6.45) is 0. The molecule has 0 radical (unpaired) electrons. The van der Waals surface area contributed by atoms with E-state index in [2.05, 4.69) is 0 Å². The van der Waals surface area contributed by atoms with Gasteiger partial charge >= 0.3 is 11.9 Å². The van der Waals surface area contributed by atoms with Gasteiger partial charge in [-0.1, -0.05) is 60.7 Å². The molecule has 29 heavy (non-hydrogen) atoms. The Morgan fingerprint density at radius 3 is 1.97 bits per heavy atom. The maximum Gasteiger partial charge on any atom is 0.339 e. The van der Waals surface area contributed by atoms with Crippen LogP contribution < -0.4 is 4.74 Å². The lowest BCUT2D eigenvalue weighted by Crippen LogP contribution is -2.10. The molecule has 1 aromatic heterocycles. The van der Waals surface area contributed by atoms with E-state index in [1.807, 2.05) is 72.1 Å². The number of hydrogen-bond donors (Lipinski definition) is 0. The molecule has 0 fully saturated rings. The molecule has 1 heterocycles. The van der Waals surface area contributed by atoms with Crippen LogP contribution in [0.3, 0.4) is 0 Å². The highest BCUT2D eigenvalue weighted by molar-refractivity contribution is 7.18. The molecule has 4 rings (SSSR count). The van der Waals surface area contributed by atoms with Gasteiger partial charge < -0.3 is 9.47 Å². The first kappa shape index (κ1) is 18.9. The zero-order valence-corrected chi connectivity index (χ0v) is 16.8. The Bertz CT molecular complexity index is 1190. The number of hydrogen-bond acceptors (Lipinski definition) is 5. The smallest absolute Gasteiger partial charge is 0.339 e. The van der Waals surface area contributed by atoms with Crippen molar-refractivity contribution in [2.75, 3.05) is 7.11 Å². The molecule has 0 bridgehead atoms. The van der Waals surface area contributed by atoms with Crippen LogP contribution in [0.4, 0.5) is 0 Å². The summed E-state index contributed by atoms with van der Waals surface area (Å²) in [5, 5.41) is 2.72. The first-order valence-electron chi connectivity index (χ1n) is 9.06. The first-order valence-corrected chi connectivity index (χ1v) is 9.94. The third kappa shape index (κ3) is 3.41. The molecule has 0 atom stereocenters. The minimum Gasteiger partial charge on any atom is -0.465 e. The van der Waals surface area contributed by atoms with Gasteiger partial charge in [-0.3, -0.25) is 4.79 Å². The van der Waals surface area contributed by atoms with E-state index in [0.717, 1.165) is 26.8 Å². The lowest BCUT2D eigenvalue weighted by atomic mass is 9.89. The van der Waals surface area contributed by atoms with Crippen molar-refractivity contribution in [2.24, 2.45) is 0 Å². The Labute approximate surface area is 172 Å². The normalized spacial score (nSPS) is 10.7. The van der Waals surface area contributed by atoms with Gasteiger partial charge in [-0.15, -0.1) is 11.3 Å². The maximum absolute atomic E-state index is 13.0. The number of ether oxygens (including phenoxy) is 2. The number of carbonyl (C=O) groups excluding carboxylic acids is 2. The van der Waals surface area contributed by atoms with E-state index in [4.69, 9.17) is 9.47 Å². The van der Waals surface area contributed by atoms with E-state index in [9.17, 15) is 9.59 Å². The monoisotopic (exact) mass is 402 g/mol. The van der Waals surface area contributed by atoms with Gasteiger partial charge in [0.05, 0.1) is 12.7 Å². The van der Waals surface area contributed by atoms with Crippen LogP contribution >= 0.6 is 11.3 Å². The predicted molar refractivity (Wildman–Crippen MR) is 115 cm³/mol. The van der Waals surface area contributed by atoms with Crippen LogP contribution in [0.15, 0.2) is 72.1 Å². The molecule has 0 saturated heterocycles. The Morgan fingerprint density at radius 1 is 0.828 bits per heavy atom. The Balaban J connectivity index is 2.22. The van der Waals surface area contributed by atoms with Crippen molar-refractivity contribution in [3.05, 3.63) is 77.7 Å². The molecule has 144 valence electrons. The molecular weight excluding hydrogens is 384 g/mol. The summed E-state index contributed by atoms with van der Waals surface area (Å²) < 4.78 is 11.7. The molecule has 0 aliphatic heterocycles. The zero-order chi connectivity index (χ0) is 20.4. The van der Waals surface area contributed by atoms with E-state index in [0.29, 0.717) is 16.9 Å². The number of carbonyl (C=O) groups is 2. The van der Waals surface area contributed by atoms with Gasteiger partial charge in [0.15, 0.2) is 0 Å². The van der Waals surface area contributed by atoms with E-state index in [1.165, 1.54) is 25.4 Å². The van der Waals surface area contributed by atoms with Crippen molar-refractivity contribution < 1.29 is 19.1 Å². The topological polar surface area (TPSA) is 52.6 Å². The second-order valence-corrected chi connectivity index (χ2v) is 7.35. The number of fused-ring (bicyclic) bond motifs is 1. The van der Waals surface area contributed by atoms with Crippen LogP contribution in [0, 0.1) is 0 Å². The van der Waals surface area contributed by atoms with Crippen molar-refractivity contribution in [3.63, 3.8) is 0 Å². The minimum absolute atomic E-state index is 0.375. The summed E-state index contributed by atoms with van der Waals surface area (Å²) in [5.74, 6) is -0.551. The van der Waals surface area contributed by atoms with Crippen LogP contribution in [0.2, 0.25) is 0 Å². The fraction of sp³-hybridized carbons (Fsp3) is 0.0833. The second-order valence-electron chi connectivity index (χ2n) is 6.43. The van der Waals surface area contributed by atoms with Gasteiger partial charge in [0.1, 0.15) is 5.75 Å². The number of rotatable bonds is 4. The summed E-state index contributed by atoms with van der Waals surface area (Å²) >= 11 is 1.50. The predicted octanol–water partition coefficient (Wildman–Crippen LogP) is 5.95. The van der Waals surface area contributed by atoms with Crippen LogP contribution in [-0.4, -0.2) is 19.0 Å². The van der Waals surface area contributed by atoms with Crippen molar-refractivity contribution in [1.29, 1.82) is 0 Å². The summed E-state index contributed by atoms with van der Waals surface area (Å²) in [7, 11) is 1.36. The molecule has 0 aliphatic rings. The van der Waals surface area contributed by atoms with Gasteiger partial charge in [0, 0.05) is 28.1 Å². The maximum atomic E-state index is 13.0. The summed E-state index contributed by atoms with van der Waals surface area (Å²) in [5.41, 5.74) is 3.38. The summed E-state index contributed by atoms with van der Waals surface area (Å²) in [6.45, 7) is 1.36. The number of methoxy groups -OCH3 is 1. The fourth-order valence-electron chi connectivity index (χ4n) is 3.48. The minimum atomic E-state index is -0.480. The SMILES string of the molecule is COC(=O)c1c(-c2ccccc2)c(OC(C)=O)c2ccsc2c1-c1ccccc1. The van der Waals surface area contributed by atoms with Crippen molar-refractivity contribution >= 4 is 33.4 Å². The highest BCUT2D eigenvalue weighted by Crippen LogP contribution is 2.48. The highest BCUT2D eigenvalue weighted by atomic mass is 32.1. The molecule has 0 spiro atoms. The second kappa shape index (κ2) is 7.89. The highest BCUT2D eigenvalue weighted by Gasteiger charge is 2.28. The van der Waals surface area contributed by atoms with Crippen molar-refractivity contribution in [1.82, 2.24) is 0 Å². The van der Waals surface area contributed by atoms with Gasteiger partial charge in [-0.05, 0) is 22.6 Å². The third-order valence-electron chi connectivity index (χ3n) is 4.62. The Hall–Kier alpha value is -3.44. The molecular formula is C24H18O4S. The van der Waals surface area contributed by atoms with Gasteiger partial charge in [0.25, 0.3) is 0 Å². The molecule has 0 saturated carbocycles. The van der Waals surface area contributed by atoms with E-state index in [-0.39, 0.29) is 0 Å². The molecule has 4 aromatic rings. The average Bonchev–Trinajstić information content (AvgIpc) is 3.23. The zero-order valence-electron chi connectivity index (χ0n) is 16.0. The Kier molecular flexibility index (Phi) is 5.14. The summed E-state index contributed by atoms with van der Waals surface area (Å²) in [6, 6.07) is 21.1. The number of esters is 2. The quantitative estimate of drug-likeness (QED) is 0.313. The van der Waals surface area contributed by atoms with Gasteiger partial charge in [0.2, 0.25) is 0 Å². The molecule has 4 nitrogen and oxygen atoms in total. The first-order chi connectivity index (χ1) is 14.1. The van der Waals surface area contributed by atoms with Crippen LogP contribution in [0.1, 0.15) is 17.3 Å². The largest absolute Gasteiger partial charge is 0.465 e. The molecule has 5 heteroatoms. The third-order valence-corrected chi connectivity index (χ3v) is 5.56. The molecule has 3 aromatic carbocycles. The Morgan fingerprint density at radius 2 is 1.41 bits per heavy atom. The van der Waals surface area contributed by atoms with Crippen molar-refractivity contribution in [3.8, 4) is 28.0 Å². The molecule has 0 aliphatic carbocycles. The van der Waals surface area contributed by atoms with E-state index in [1.54, 1.807) is 0 Å².